The number of aromatic nitrogens is 4. The molecule has 0 radical (unpaired) electrons. The van der Waals surface area contributed by atoms with Crippen LogP contribution in [0.2, 0.25) is 0 Å². The van der Waals surface area contributed by atoms with Crippen LogP contribution >= 0.6 is 0 Å². The Hall–Kier alpha value is -2.78. The quantitative estimate of drug-likeness (QED) is 0.676. The third-order valence-electron chi connectivity index (χ3n) is 4.76. The fourth-order valence-electron chi connectivity index (χ4n) is 3.41. The Balaban J connectivity index is 1.71. The number of aromatic amines is 1. The molecule has 2 N–H and O–H groups in total. The highest BCUT2D eigenvalue weighted by molar-refractivity contribution is 7.90. The molecule has 0 aliphatic carbocycles. The molecule has 1 aliphatic heterocycles. The van der Waals surface area contributed by atoms with Crippen molar-refractivity contribution in [1.29, 1.82) is 0 Å². The van der Waals surface area contributed by atoms with Crippen molar-refractivity contribution in [2.45, 2.75) is 23.8 Å². The van der Waals surface area contributed by atoms with E-state index in [0.717, 1.165) is 42.8 Å². The van der Waals surface area contributed by atoms with E-state index in [1.165, 1.54) is 6.26 Å². The van der Waals surface area contributed by atoms with E-state index in [1.54, 1.807) is 12.1 Å². The predicted octanol–water partition coefficient (Wildman–Crippen LogP) is 2.07. The molecule has 2 heterocycles. The van der Waals surface area contributed by atoms with Crippen LogP contribution in [0.5, 0.6) is 5.75 Å². The van der Waals surface area contributed by atoms with Gasteiger partial charge in [-0.05, 0) is 65.7 Å². The zero-order valence-corrected chi connectivity index (χ0v) is 16.2. The van der Waals surface area contributed by atoms with Crippen LogP contribution in [0.4, 0.5) is 0 Å². The standard InChI is InChI=1S/C19H21N5O3S/c1-28(25,26)17-4-2-3-16(18(17)19-21-23-24-22-19)13-5-7-14(8-6-13)27-15-9-11-20-12-10-15/h2-8,15,20H,9-12H2,1H3,(H,21,22,23,24). The molecule has 0 unspecified atom stereocenters. The van der Waals surface area contributed by atoms with Gasteiger partial charge in [-0.25, -0.2) is 13.5 Å². The summed E-state index contributed by atoms with van der Waals surface area (Å²) < 4.78 is 30.7. The first kappa shape index (κ1) is 18.6. The maximum absolute atomic E-state index is 12.3. The molecule has 4 rings (SSSR count). The van der Waals surface area contributed by atoms with E-state index in [2.05, 4.69) is 25.9 Å². The molecule has 3 aromatic rings. The SMILES string of the molecule is CS(=O)(=O)c1cccc(-c2ccc(OC3CCNCC3)cc2)c1-c1nnn[nH]1. The van der Waals surface area contributed by atoms with Crippen LogP contribution in [-0.4, -0.2) is 54.5 Å². The molecule has 1 saturated heterocycles. The molecular weight excluding hydrogens is 378 g/mol. The third kappa shape index (κ3) is 3.90. The molecule has 2 aromatic carbocycles. The molecule has 1 aliphatic rings. The number of nitrogens with one attached hydrogen (secondary N) is 2. The summed E-state index contributed by atoms with van der Waals surface area (Å²) in [4.78, 5) is 0.179. The van der Waals surface area contributed by atoms with Gasteiger partial charge in [-0.3, -0.25) is 0 Å². The highest BCUT2D eigenvalue weighted by Crippen LogP contribution is 2.36. The number of nitrogens with zero attached hydrogens (tertiary/aromatic N) is 3. The minimum atomic E-state index is -3.46. The van der Waals surface area contributed by atoms with Gasteiger partial charge in [0.25, 0.3) is 0 Å². The monoisotopic (exact) mass is 399 g/mol. The maximum Gasteiger partial charge on any atom is 0.181 e. The van der Waals surface area contributed by atoms with Crippen LogP contribution in [0.25, 0.3) is 22.5 Å². The summed E-state index contributed by atoms with van der Waals surface area (Å²) >= 11 is 0. The van der Waals surface area contributed by atoms with Crippen LogP contribution in [0.15, 0.2) is 47.4 Å². The molecule has 0 spiro atoms. The Kier molecular flexibility index (Phi) is 5.10. The number of hydrogen-bond donors (Lipinski definition) is 2. The van der Waals surface area contributed by atoms with E-state index in [9.17, 15) is 8.42 Å². The average Bonchev–Trinajstić information content (AvgIpc) is 3.23. The van der Waals surface area contributed by atoms with Crippen molar-refractivity contribution in [3.8, 4) is 28.3 Å². The summed E-state index contributed by atoms with van der Waals surface area (Å²) in [7, 11) is -3.46. The van der Waals surface area contributed by atoms with Crippen molar-refractivity contribution >= 4 is 9.84 Å². The molecule has 0 bridgehead atoms. The number of H-pyrrole nitrogens is 1. The lowest BCUT2D eigenvalue weighted by molar-refractivity contribution is 0.162. The van der Waals surface area contributed by atoms with E-state index < -0.39 is 9.84 Å². The molecule has 1 aromatic heterocycles. The summed E-state index contributed by atoms with van der Waals surface area (Å²) in [5.74, 6) is 1.11. The van der Waals surface area contributed by atoms with E-state index >= 15 is 0 Å². The van der Waals surface area contributed by atoms with Gasteiger partial charge in [0, 0.05) is 11.8 Å². The van der Waals surface area contributed by atoms with Gasteiger partial charge in [0.2, 0.25) is 0 Å². The summed E-state index contributed by atoms with van der Waals surface area (Å²) in [5.41, 5.74) is 2.05. The van der Waals surface area contributed by atoms with Gasteiger partial charge in [0.15, 0.2) is 15.7 Å². The van der Waals surface area contributed by atoms with Gasteiger partial charge < -0.3 is 10.1 Å². The molecular formula is C19H21N5O3S. The normalized spacial score (nSPS) is 15.5. The van der Waals surface area contributed by atoms with Crippen molar-refractivity contribution < 1.29 is 13.2 Å². The summed E-state index contributed by atoms with van der Waals surface area (Å²) in [6.07, 6.45) is 3.37. The van der Waals surface area contributed by atoms with E-state index in [4.69, 9.17) is 4.74 Å². The Labute approximate surface area is 163 Å². The van der Waals surface area contributed by atoms with Crippen molar-refractivity contribution in [2.75, 3.05) is 19.3 Å². The maximum atomic E-state index is 12.3. The minimum absolute atomic E-state index is 0.179. The molecule has 1 fully saturated rings. The topological polar surface area (TPSA) is 110 Å². The summed E-state index contributed by atoms with van der Waals surface area (Å²) in [6.45, 7) is 1.94. The lowest BCUT2D eigenvalue weighted by Crippen LogP contribution is -2.34. The fraction of sp³-hybridized carbons (Fsp3) is 0.316. The minimum Gasteiger partial charge on any atom is -0.490 e. The molecule has 0 atom stereocenters. The number of sulfone groups is 1. The Morgan fingerprint density at radius 1 is 1.07 bits per heavy atom. The van der Waals surface area contributed by atoms with Crippen molar-refractivity contribution in [3.63, 3.8) is 0 Å². The molecule has 8 nitrogen and oxygen atoms in total. The fourth-order valence-corrected chi connectivity index (χ4v) is 4.31. The van der Waals surface area contributed by atoms with Crippen LogP contribution in [-0.2, 0) is 9.84 Å². The highest BCUT2D eigenvalue weighted by atomic mass is 32.2. The number of ether oxygens (including phenoxy) is 1. The lowest BCUT2D eigenvalue weighted by Gasteiger charge is -2.24. The zero-order chi connectivity index (χ0) is 19.6. The van der Waals surface area contributed by atoms with Crippen LogP contribution in [0.1, 0.15) is 12.8 Å². The summed E-state index contributed by atoms with van der Waals surface area (Å²) in [6, 6.07) is 12.8. The van der Waals surface area contributed by atoms with E-state index in [-0.39, 0.29) is 11.0 Å². The first-order chi connectivity index (χ1) is 13.5. The van der Waals surface area contributed by atoms with E-state index in [0.29, 0.717) is 11.4 Å². The second-order valence-corrected chi connectivity index (χ2v) is 8.78. The van der Waals surface area contributed by atoms with E-state index in [1.807, 2.05) is 30.3 Å². The molecule has 0 saturated carbocycles. The van der Waals surface area contributed by atoms with Gasteiger partial charge in [-0.1, -0.05) is 24.3 Å². The zero-order valence-electron chi connectivity index (χ0n) is 15.4. The number of rotatable bonds is 5. The number of piperidine rings is 1. The Morgan fingerprint density at radius 3 is 2.46 bits per heavy atom. The third-order valence-corrected chi connectivity index (χ3v) is 5.90. The second-order valence-electron chi connectivity index (χ2n) is 6.79. The number of tetrazole rings is 1. The predicted molar refractivity (Wildman–Crippen MR) is 105 cm³/mol. The molecule has 9 heteroatoms. The summed E-state index contributed by atoms with van der Waals surface area (Å²) in [5, 5.41) is 17.1. The average molecular weight is 399 g/mol. The largest absolute Gasteiger partial charge is 0.490 e. The van der Waals surface area contributed by atoms with Crippen LogP contribution < -0.4 is 10.1 Å². The Morgan fingerprint density at radius 2 is 1.82 bits per heavy atom. The number of hydrogen-bond acceptors (Lipinski definition) is 7. The molecule has 28 heavy (non-hydrogen) atoms. The van der Waals surface area contributed by atoms with Gasteiger partial charge in [-0.15, -0.1) is 5.10 Å². The first-order valence-electron chi connectivity index (χ1n) is 9.07. The van der Waals surface area contributed by atoms with Gasteiger partial charge in [-0.2, -0.15) is 0 Å². The van der Waals surface area contributed by atoms with Crippen LogP contribution in [0.3, 0.4) is 0 Å². The highest BCUT2D eigenvalue weighted by Gasteiger charge is 2.21. The lowest BCUT2D eigenvalue weighted by atomic mass is 9.99. The van der Waals surface area contributed by atoms with Crippen molar-refractivity contribution in [3.05, 3.63) is 42.5 Å². The van der Waals surface area contributed by atoms with Crippen LogP contribution in [0, 0.1) is 0 Å². The number of benzene rings is 2. The molecule has 146 valence electrons. The second kappa shape index (κ2) is 7.69. The van der Waals surface area contributed by atoms with Crippen molar-refractivity contribution in [1.82, 2.24) is 25.9 Å². The van der Waals surface area contributed by atoms with Gasteiger partial charge in [0.1, 0.15) is 11.9 Å². The molecule has 0 amide bonds. The first-order valence-corrected chi connectivity index (χ1v) is 11.0. The van der Waals surface area contributed by atoms with Gasteiger partial charge >= 0.3 is 0 Å². The van der Waals surface area contributed by atoms with Gasteiger partial charge in [0.05, 0.1) is 4.90 Å². The smallest absolute Gasteiger partial charge is 0.181 e. The Bertz CT molecular complexity index is 1040. The van der Waals surface area contributed by atoms with Crippen molar-refractivity contribution in [2.24, 2.45) is 0 Å².